The molecular weight excluding hydrogens is 300 g/mol. The molecule has 0 radical (unpaired) electrons. The third kappa shape index (κ3) is 2.12. The molecule has 3 rings (SSSR count). The van der Waals surface area contributed by atoms with Crippen LogP contribution < -0.4 is 5.73 Å². The zero-order valence-electron chi connectivity index (χ0n) is 13.3. The van der Waals surface area contributed by atoms with Crippen LogP contribution in [0.15, 0.2) is 29.8 Å². The molecule has 0 saturated carbocycles. The SMILES string of the molecule is CC1=C(C#N)c2nc(N)c(C#N)c(C)c2/C1=C/c1ccccc1O. The lowest BCUT2D eigenvalue weighted by Gasteiger charge is -2.11. The highest BCUT2D eigenvalue weighted by Gasteiger charge is 2.29. The lowest BCUT2D eigenvalue weighted by Crippen LogP contribution is -2.03. The molecule has 116 valence electrons. The van der Waals surface area contributed by atoms with Crippen LogP contribution in [0.5, 0.6) is 5.75 Å². The topological polar surface area (TPSA) is 107 Å². The van der Waals surface area contributed by atoms with Crippen molar-refractivity contribution in [2.45, 2.75) is 13.8 Å². The lowest BCUT2D eigenvalue weighted by molar-refractivity contribution is 0.474. The van der Waals surface area contributed by atoms with Crippen LogP contribution in [0, 0.1) is 29.6 Å². The minimum Gasteiger partial charge on any atom is -0.507 e. The molecule has 1 aromatic heterocycles. The fourth-order valence-corrected chi connectivity index (χ4v) is 2.96. The number of hydrogen-bond donors (Lipinski definition) is 2. The van der Waals surface area contributed by atoms with Crippen molar-refractivity contribution in [2.75, 3.05) is 5.73 Å². The average Bonchev–Trinajstić information content (AvgIpc) is 2.81. The summed E-state index contributed by atoms with van der Waals surface area (Å²) in [5.41, 5.74) is 10.7. The molecule has 0 atom stereocenters. The summed E-state index contributed by atoms with van der Waals surface area (Å²) >= 11 is 0. The molecule has 1 aliphatic carbocycles. The van der Waals surface area contributed by atoms with Gasteiger partial charge in [-0.25, -0.2) is 4.98 Å². The van der Waals surface area contributed by atoms with Gasteiger partial charge in [-0.1, -0.05) is 18.2 Å². The number of phenolic OH excluding ortho intramolecular Hbond substituents is 1. The Kier molecular flexibility index (Phi) is 3.56. The summed E-state index contributed by atoms with van der Waals surface area (Å²) < 4.78 is 0. The van der Waals surface area contributed by atoms with Gasteiger partial charge in [0, 0.05) is 11.1 Å². The minimum atomic E-state index is 0.123. The first-order chi connectivity index (χ1) is 11.5. The van der Waals surface area contributed by atoms with Crippen molar-refractivity contribution < 1.29 is 5.11 Å². The zero-order valence-corrected chi connectivity index (χ0v) is 13.3. The molecule has 0 saturated heterocycles. The van der Waals surface area contributed by atoms with Gasteiger partial charge in [0.25, 0.3) is 0 Å². The summed E-state index contributed by atoms with van der Waals surface area (Å²) in [6, 6.07) is 11.2. The number of nitrogens with zero attached hydrogens (tertiary/aromatic N) is 3. The van der Waals surface area contributed by atoms with E-state index in [0.717, 1.165) is 16.7 Å². The lowest BCUT2D eigenvalue weighted by atomic mass is 9.95. The Balaban J connectivity index is 2.36. The fourth-order valence-electron chi connectivity index (χ4n) is 2.96. The molecule has 24 heavy (non-hydrogen) atoms. The summed E-state index contributed by atoms with van der Waals surface area (Å²) in [5.74, 6) is 0.268. The second-order valence-corrected chi connectivity index (χ2v) is 5.56. The van der Waals surface area contributed by atoms with Crippen molar-refractivity contribution in [1.29, 1.82) is 10.5 Å². The highest BCUT2D eigenvalue weighted by molar-refractivity contribution is 6.08. The quantitative estimate of drug-likeness (QED) is 0.839. The smallest absolute Gasteiger partial charge is 0.142 e. The van der Waals surface area contributed by atoms with E-state index in [-0.39, 0.29) is 11.6 Å². The molecule has 0 unspecified atom stereocenters. The second kappa shape index (κ2) is 5.57. The van der Waals surface area contributed by atoms with Crippen LogP contribution in [0.1, 0.15) is 34.9 Å². The molecule has 0 spiro atoms. The minimum absolute atomic E-state index is 0.123. The van der Waals surface area contributed by atoms with Gasteiger partial charge >= 0.3 is 0 Å². The Morgan fingerprint density at radius 2 is 1.88 bits per heavy atom. The van der Waals surface area contributed by atoms with E-state index < -0.39 is 0 Å². The van der Waals surface area contributed by atoms with Gasteiger partial charge in [0.2, 0.25) is 0 Å². The Hall–Kier alpha value is -3.57. The largest absolute Gasteiger partial charge is 0.507 e. The van der Waals surface area contributed by atoms with E-state index in [1.54, 1.807) is 31.2 Å². The predicted molar refractivity (Wildman–Crippen MR) is 92.3 cm³/mol. The van der Waals surface area contributed by atoms with E-state index in [0.29, 0.717) is 28.0 Å². The Morgan fingerprint density at radius 3 is 2.50 bits per heavy atom. The molecule has 0 amide bonds. The van der Waals surface area contributed by atoms with Gasteiger partial charge in [-0.05, 0) is 42.7 Å². The van der Waals surface area contributed by atoms with Crippen molar-refractivity contribution in [1.82, 2.24) is 4.98 Å². The number of hydrogen-bond acceptors (Lipinski definition) is 5. The highest BCUT2D eigenvalue weighted by Crippen LogP contribution is 2.44. The summed E-state index contributed by atoms with van der Waals surface area (Å²) in [5, 5.41) is 28.9. The van der Waals surface area contributed by atoms with Gasteiger partial charge in [0.15, 0.2) is 0 Å². The van der Waals surface area contributed by atoms with Crippen LogP contribution in [0.2, 0.25) is 0 Å². The number of para-hydroxylation sites is 1. The van der Waals surface area contributed by atoms with E-state index in [1.165, 1.54) is 0 Å². The number of fused-ring (bicyclic) bond motifs is 1. The molecule has 1 aromatic carbocycles. The molecule has 0 fully saturated rings. The normalized spacial score (nSPS) is 14.4. The van der Waals surface area contributed by atoms with Crippen molar-refractivity contribution in [3.8, 4) is 17.9 Å². The average molecular weight is 314 g/mol. The van der Waals surface area contributed by atoms with E-state index in [2.05, 4.69) is 17.1 Å². The number of allylic oxidation sites excluding steroid dienone is 3. The Morgan fingerprint density at radius 1 is 1.17 bits per heavy atom. The number of nitrogens with two attached hydrogens (primary N) is 1. The Bertz CT molecular complexity index is 1020. The van der Waals surface area contributed by atoms with Gasteiger partial charge in [-0.3, -0.25) is 0 Å². The summed E-state index contributed by atoms with van der Waals surface area (Å²) in [7, 11) is 0. The Labute approximate surface area is 139 Å². The van der Waals surface area contributed by atoms with Crippen LogP contribution >= 0.6 is 0 Å². The molecule has 1 heterocycles. The summed E-state index contributed by atoms with van der Waals surface area (Å²) in [6.07, 6.45) is 1.81. The number of phenols is 1. The van der Waals surface area contributed by atoms with Crippen LogP contribution in [-0.4, -0.2) is 10.1 Å². The second-order valence-electron chi connectivity index (χ2n) is 5.56. The number of nitriles is 2. The number of benzene rings is 1. The molecule has 0 aliphatic heterocycles. The maximum atomic E-state index is 10.0. The fraction of sp³-hybridized carbons (Fsp3) is 0.105. The third-order valence-electron chi connectivity index (χ3n) is 4.22. The monoisotopic (exact) mass is 314 g/mol. The number of aromatic hydroxyl groups is 1. The van der Waals surface area contributed by atoms with Crippen LogP contribution in [0.4, 0.5) is 5.82 Å². The number of anilines is 1. The van der Waals surface area contributed by atoms with Gasteiger partial charge in [-0.15, -0.1) is 0 Å². The van der Waals surface area contributed by atoms with Gasteiger partial charge in [0.05, 0.1) is 16.8 Å². The van der Waals surface area contributed by atoms with Crippen molar-refractivity contribution in [2.24, 2.45) is 0 Å². The van der Waals surface area contributed by atoms with E-state index in [1.807, 2.05) is 13.0 Å². The zero-order chi connectivity index (χ0) is 17.4. The number of nitrogen functional groups attached to an aromatic ring is 1. The first-order valence-electron chi connectivity index (χ1n) is 7.31. The van der Waals surface area contributed by atoms with Gasteiger partial charge in [0.1, 0.15) is 23.7 Å². The standard InChI is InChI=1S/C19H14N4O/c1-10-13(7-12-5-3-4-6-16(12)24)17-11(2)15(9-21)19(22)23-18(17)14(10)8-20/h3-7,24H,1-2H3,(H2,22,23)/b13-7+. The summed E-state index contributed by atoms with van der Waals surface area (Å²) in [6.45, 7) is 3.62. The number of rotatable bonds is 1. The van der Waals surface area contributed by atoms with E-state index in [4.69, 9.17) is 5.73 Å². The first kappa shape index (κ1) is 15.3. The van der Waals surface area contributed by atoms with Crippen molar-refractivity contribution in [3.05, 3.63) is 57.8 Å². The molecule has 1 aliphatic rings. The maximum absolute atomic E-state index is 10.0. The van der Waals surface area contributed by atoms with E-state index in [9.17, 15) is 15.6 Å². The number of aromatic nitrogens is 1. The molecule has 5 heteroatoms. The van der Waals surface area contributed by atoms with Crippen molar-refractivity contribution >= 4 is 23.0 Å². The van der Waals surface area contributed by atoms with E-state index >= 15 is 0 Å². The molecule has 2 aromatic rings. The molecule has 3 N–H and O–H groups in total. The van der Waals surface area contributed by atoms with Crippen LogP contribution in [0.25, 0.3) is 17.2 Å². The third-order valence-corrected chi connectivity index (χ3v) is 4.22. The maximum Gasteiger partial charge on any atom is 0.142 e. The van der Waals surface area contributed by atoms with Crippen molar-refractivity contribution in [3.63, 3.8) is 0 Å². The van der Waals surface area contributed by atoms with Crippen LogP contribution in [0.3, 0.4) is 0 Å². The molecular formula is C19H14N4O. The molecule has 0 bridgehead atoms. The first-order valence-corrected chi connectivity index (χ1v) is 7.31. The van der Waals surface area contributed by atoms with Gasteiger partial charge in [-0.2, -0.15) is 10.5 Å². The number of pyridine rings is 1. The predicted octanol–water partition coefficient (Wildman–Crippen LogP) is 3.40. The van der Waals surface area contributed by atoms with Crippen LogP contribution in [-0.2, 0) is 0 Å². The summed E-state index contributed by atoms with van der Waals surface area (Å²) in [4.78, 5) is 4.27. The molecule has 5 nitrogen and oxygen atoms in total. The van der Waals surface area contributed by atoms with Gasteiger partial charge < -0.3 is 10.8 Å². The highest BCUT2D eigenvalue weighted by atomic mass is 16.3.